The quantitative estimate of drug-likeness (QED) is 0.111. The van der Waals surface area contributed by atoms with E-state index in [1.54, 1.807) is 13.8 Å². The minimum atomic E-state index is -4.83. The topological polar surface area (TPSA) is 171 Å². The Balaban J connectivity index is 0.000000186. The third-order valence-electron chi connectivity index (χ3n) is 10.8. The third-order valence-corrected chi connectivity index (χ3v) is 11.4. The molecule has 2 amide bonds. The van der Waals surface area contributed by atoms with Crippen molar-refractivity contribution in [1.82, 2.24) is 39.8 Å². The summed E-state index contributed by atoms with van der Waals surface area (Å²) in [6, 6.07) is 12.8. The summed E-state index contributed by atoms with van der Waals surface area (Å²) in [6.07, 6.45) is -3.17. The van der Waals surface area contributed by atoms with E-state index in [0.717, 1.165) is 35.0 Å². The molecule has 2 aromatic carbocycles. The smallest absolute Gasteiger partial charge is 0.401 e. The lowest BCUT2D eigenvalue weighted by molar-refractivity contribution is -0.142. The zero-order chi connectivity index (χ0) is 48.2. The molecular formula is C44H29Cl2F6N11O4. The molecular weight excluding hydrogens is 931 g/mol. The van der Waals surface area contributed by atoms with Crippen molar-refractivity contribution in [3.05, 3.63) is 150 Å². The number of nitrogens with zero attached hydrogens (tertiary/aromatic N) is 9. The Bertz CT molecular complexity index is 3310. The highest BCUT2D eigenvalue weighted by atomic mass is 35.5. The van der Waals surface area contributed by atoms with Crippen molar-refractivity contribution >= 4 is 63.0 Å². The second kappa shape index (κ2) is 17.3. The lowest BCUT2D eigenvalue weighted by Crippen LogP contribution is -2.39. The van der Waals surface area contributed by atoms with Gasteiger partial charge in [-0.1, -0.05) is 35.3 Å². The van der Waals surface area contributed by atoms with Crippen LogP contribution in [0.2, 0.25) is 10.0 Å². The first-order valence-corrected chi connectivity index (χ1v) is 20.5. The molecule has 2 N–H and O–H groups in total. The fraction of sp³-hybridized carbons (Fsp3) is 0.227. The van der Waals surface area contributed by atoms with Crippen LogP contribution in [0.25, 0.3) is 43.8 Å². The zero-order valence-corrected chi connectivity index (χ0v) is 36.0. The number of rotatable bonds is 8. The average Bonchev–Trinajstić information content (AvgIpc) is 4.19. The number of benzene rings is 2. The predicted octanol–water partition coefficient (Wildman–Crippen LogP) is 10.7. The van der Waals surface area contributed by atoms with Crippen molar-refractivity contribution in [1.29, 1.82) is 0 Å². The van der Waals surface area contributed by atoms with Crippen LogP contribution in [0.1, 0.15) is 69.0 Å². The molecule has 9 rings (SSSR count). The van der Waals surface area contributed by atoms with Crippen LogP contribution in [-0.2, 0) is 12.4 Å². The Morgan fingerprint density at radius 3 is 1.94 bits per heavy atom. The highest BCUT2D eigenvalue weighted by molar-refractivity contribution is 6.32. The van der Waals surface area contributed by atoms with Gasteiger partial charge in [0.05, 0.1) is 45.3 Å². The number of nitrogens with one attached hydrogen (secondary N) is 2. The van der Waals surface area contributed by atoms with E-state index in [9.17, 15) is 40.7 Å². The van der Waals surface area contributed by atoms with E-state index in [0.29, 0.717) is 29.2 Å². The average molecular weight is 961 g/mol. The monoisotopic (exact) mass is 959 g/mol. The lowest BCUT2D eigenvalue weighted by atomic mass is 10.0. The second-order valence-corrected chi connectivity index (χ2v) is 16.3. The van der Waals surface area contributed by atoms with Crippen molar-refractivity contribution in [3.63, 3.8) is 0 Å². The minimum absolute atomic E-state index is 0.0131. The van der Waals surface area contributed by atoms with Gasteiger partial charge in [0.25, 0.3) is 11.8 Å². The van der Waals surface area contributed by atoms with Gasteiger partial charge in [-0.15, -0.1) is 0 Å². The lowest BCUT2D eigenvalue weighted by Gasteiger charge is -2.20. The van der Waals surface area contributed by atoms with Crippen molar-refractivity contribution in [3.8, 4) is 23.2 Å². The van der Waals surface area contributed by atoms with E-state index in [4.69, 9.17) is 40.8 Å². The molecule has 67 heavy (non-hydrogen) atoms. The van der Waals surface area contributed by atoms with Crippen molar-refractivity contribution < 1.29 is 40.3 Å². The Kier molecular flexibility index (Phi) is 11.9. The molecule has 7 aromatic rings. The van der Waals surface area contributed by atoms with Crippen molar-refractivity contribution in [2.24, 2.45) is 5.92 Å². The molecule has 0 radical (unpaired) electrons. The molecule has 5 heterocycles. The Morgan fingerprint density at radius 2 is 1.37 bits per heavy atom. The summed E-state index contributed by atoms with van der Waals surface area (Å²) in [6.45, 7) is 17.7. The van der Waals surface area contributed by atoms with Gasteiger partial charge in [-0.3, -0.25) is 9.59 Å². The van der Waals surface area contributed by atoms with E-state index < -0.39 is 52.8 Å². The minimum Gasteiger partial charge on any atom is -0.401 e. The largest absolute Gasteiger partial charge is 0.435 e. The maximum absolute atomic E-state index is 13.5. The highest BCUT2D eigenvalue weighted by Crippen LogP contribution is 2.54. The molecule has 2 aliphatic carbocycles. The molecule has 2 aliphatic rings. The molecule has 0 unspecified atom stereocenters. The number of aromatic nitrogens is 7. The molecule has 0 saturated heterocycles. The molecule has 340 valence electrons. The summed E-state index contributed by atoms with van der Waals surface area (Å²) in [4.78, 5) is 58.0. The van der Waals surface area contributed by atoms with Crippen LogP contribution in [0.4, 0.5) is 43.4 Å². The second-order valence-electron chi connectivity index (χ2n) is 15.5. The van der Waals surface area contributed by atoms with Gasteiger partial charge in [-0.05, 0) is 93.0 Å². The standard InChI is InChI=1S/C25H20ClF3N6O2.C19H9ClF3N5O2/c1-13-10-15(30-2)11-16(22(36)33-24(7-8-24)14-5-6-14)20(13)32-23(37)18-12-19(25(27,28)29)34-35(18)21-17(26)4-3-9-31-21;1-9-6-10(24-2)7-11-15(9)26-17(30-18(11)29)13-8-14(19(21,22)23)27-28(13)16-12(20)4-3-5-25-16/h3-4,9-12,14H,5-8H2,1H3,(H,32,37)(H,33,36);3-8H,1H3. The number of alkyl halides is 6. The van der Waals surface area contributed by atoms with E-state index in [-0.39, 0.29) is 66.4 Å². The van der Waals surface area contributed by atoms with Crippen LogP contribution in [0.5, 0.6) is 0 Å². The van der Waals surface area contributed by atoms with Crippen LogP contribution in [0, 0.1) is 32.9 Å². The maximum Gasteiger partial charge on any atom is 0.435 e. The molecule has 2 saturated carbocycles. The number of hydrogen-bond donors (Lipinski definition) is 2. The number of carbonyl (C=O) groups excluding carboxylic acids is 2. The molecule has 0 spiro atoms. The van der Waals surface area contributed by atoms with E-state index in [1.165, 1.54) is 60.9 Å². The SMILES string of the molecule is [C-]#[N+]c1cc(C)c(NC(=O)c2cc(C(F)(F)F)nn2-c2ncccc2Cl)c(C(=O)NC2(C3CC3)CC2)c1.[C-]#[N+]c1cc(C)c2nc(-c3cc(C(F)(F)F)nn3-c3ncccc3Cl)oc(=O)c2c1. The number of amides is 2. The summed E-state index contributed by atoms with van der Waals surface area (Å²) < 4.78 is 87.2. The normalized spacial score (nSPS) is 14.1. The molecule has 23 heteroatoms. The van der Waals surface area contributed by atoms with E-state index in [1.807, 2.05) is 0 Å². The van der Waals surface area contributed by atoms with Crippen LogP contribution in [0.3, 0.4) is 0 Å². The van der Waals surface area contributed by atoms with Gasteiger partial charge in [-0.25, -0.2) is 38.8 Å². The molecule has 0 aliphatic heterocycles. The summed E-state index contributed by atoms with van der Waals surface area (Å²) >= 11 is 12.2. The van der Waals surface area contributed by atoms with Gasteiger partial charge in [0.15, 0.2) is 34.4 Å². The first kappa shape index (κ1) is 45.9. The third kappa shape index (κ3) is 9.28. The van der Waals surface area contributed by atoms with Crippen molar-refractivity contribution in [2.75, 3.05) is 5.32 Å². The maximum atomic E-state index is 13.5. The number of carbonyl (C=O) groups is 2. The van der Waals surface area contributed by atoms with Crippen LogP contribution in [-0.4, -0.2) is 51.9 Å². The Labute approximate surface area is 384 Å². The predicted molar refractivity (Wildman–Crippen MR) is 231 cm³/mol. The van der Waals surface area contributed by atoms with Crippen LogP contribution in [0.15, 0.2) is 82.3 Å². The van der Waals surface area contributed by atoms with Gasteiger partial charge in [-0.2, -0.15) is 36.5 Å². The Morgan fingerprint density at radius 1 is 0.806 bits per heavy atom. The van der Waals surface area contributed by atoms with Crippen LogP contribution >= 0.6 is 23.2 Å². The molecule has 15 nitrogen and oxygen atoms in total. The number of anilines is 1. The molecule has 2 fully saturated rings. The van der Waals surface area contributed by atoms with Gasteiger partial charge >= 0.3 is 18.0 Å². The highest BCUT2D eigenvalue weighted by Gasteiger charge is 2.55. The summed E-state index contributed by atoms with van der Waals surface area (Å²) in [5, 5.41) is 12.8. The summed E-state index contributed by atoms with van der Waals surface area (Å²) in [5.74, 6) is -1.64. The summed E-state index contributed by atoms with van der Waals surface area (Å²) in [7, 11) is 0. The number of halogens is 8. The van der Waals surface area contributed by atoms with E-state index >= 15 is 0 Å². The molecule has 0 atom stereocenters. The number of hydrogen-bond acceptors (Lipinski definition) is 9. The number of aryl methyl sites for hydroxylation is 2. The first-order chi connectivity index (χ1) is 31.7. The fourth-order valence-corrected chi connectivity index (χ4v) is 7.71. The van der Waals surface area contributed by atoms with E-state index in [2.05, 4.69) is 45.5 Å². The summed E-state index contributed by atoms with van der Waals surface area (Å²) in [5.41, 5.74) is -2.74. The zero-order valence-electron chi connectivity index (χ0n) is 34.5. The number of pyridine rings is 2. The van der Waals surface area contributed by atoms with Crippen molar-refractivity contribution in [2.45, 2.75) is 57.4 Å². The Hall–Kier alpha value is -7.62. The first-order valence-electron chi connectivity index (χ1n) is 19.8. The fourth-order valence-electron chi connectivity index (χ4n) is 7.30. The molecule has 5 aromatic heterocycles. The van der Waals surface area contributed by atoms with Gasteiger partial charge in [0.1, 0.15) is 11.4 Å². The number of fused-ring (bicyclic) bond motifs is 1. The van der Waals surface area contributed by atoms with Gasteiger partial charge < -0.3 is 15.1 Å². The van der Waals surface area contributed by atoms with Crippen LogP contribution < -0.4 is 16.3 Å². The molecule has 0 bridgehead atoms. The van der Waals surface area contributed by atoms with Gasteiger partial charge in [0, 0.05) is 30.1 Å². The van der Waals surface area contributed by atoms with Gasteiger partial charge in [0.2, 0.25) is 5.89 Å².